The first-order valence-electron chi connectivity index (χ1n) is 7.96. The van der Waals surface area contributed by atoms with Gasteiger partial charge < -0.3 is 24.3 Å². The minimum absolute atomic E-state index is 0.200. The minimum atomic E-state index is -1.06. The van der Waals surface area contributed by atoms with Gasteiger partial charge in [0.25, 0.3) is 5.91 Å². The van der Waals surface area contributed by atoms with Crippen LogP contribution in [-0.2, 0) is 9.53 Å². The Kier molecular flexibility index (Phi) is 6.90. The van der Waals surface area contributed by atoms with Crippen LogP contribution in [0.3, 0.4) is 0 Å². The van der Waals surface area contributed by atoms with Crippen molar-refractivity contribution in [1.29, 1.82) is 0 Å². The number of carbonyl (C=O) groups is 2. The van der Waals surface area contributed by atoms with Crippen LogP contribution in [0.1, 0.15) is 17.3 Å². The number of rotatable bonds is 7. The van der Waals surface area contributed by atoms with Gasteiger partial charge in [-0.25, -0.2) is 4.79 Å². The fourth-order valence-corrected chi connectivity index (χ4v) is 2.39. The van der Waals surface area contributed by atoms with E-state index in [1.807, 2.05) is 0 Å². The zero-order chi connectivity index (χ0) is 20.0. The lowest BCUT2D eigenvalue weighted by Gasteiger charge is -2.16. The molecule has 0 unspecified atom stereocenters. The van der Waals surface area contributed by atoms with E-state index in [4.69, 9.17) is 30.5 Å². The molecule has 0 saturated heterocycles. The van der Waals surface area contributed by atoms with Crippen molar-refractivity contribution in [3.63, 3.8) is 0 Å². The summed E-state index contributed by atoms with van der Waals surface area (Å²) in [5, 5.41) is 3.06. The summed E-state index contributed by atoms with van der Waals surface area (Å²) in [4.78, 5) is 24.7. The van der Waals surface area contributed by atoms with Gasteiger partial charge in [0.15, 0.2) is 6.10 Å². The molecular weight excluding hydrogens is 374 g/mol. The van der Waals surface area contributed by atoms with E-state index in [1.165, 1.54) is 40.4 Å². The summed E-state index contributed by atoms with van der Waals surface area (Å²) in [5.74, 6) is 0.0830. The van der Waals surface area contributed by atoms with Gasteiger partial charge in [0, 0.05) is 11.1 Å². The van der Waals surface area contributed by atoms with E-state index in [-0.39, 0.29) is 5.56 Å². The van der Waals surface area contributed by atoms with Crippen LogP contribution >= 0.6 is 11.6 Å². The van der Waals surface area contributed by atoms with Gasteiger partial charge in [-0.15, -0.1) is 0 Å². The van der Waals surface area contributed by atoms with Crippen molar-refractivity contribution in [2.75, 3.05) is 26.6 Å². The van der Waals surface area contributed by atoms with Gasteiger partial charge in [0.05, 0.1) is 32.6 Å². The van der Waals surface area contributed by atoms with Crippen molar-refractivity contribution in [3.05, 3.63) is 47.0 Å². The van der Waals surface area contributed by atoms with Crippen LogP contribution in [0.25, 0.3) is 0 Å². The Morgan fingerprint density at radius 2 is 1.59 bits per heavy atom. The molecule has 0 fully saturated rings. The quantitative estimate of drug-likeness (QED) is 0.724. The number of hydrogen-bond donors (Lipinski definition) is 1. The smallest absolute Gasteiger partial charge is 0.339 e. The predicted molar refractivity (Wildman–Crippen MR) is 101 cm³/mol. The predicted octanol–water partition coefficient (Wildman–Crippen LogP) is 3.55. The Morgan fingerprint density at radius 3 is 2.15 bits per heavy atom. The molecule has 0 bridgehead atoms. The fourth-order valence-electron chi connectivity index (χ4n) is 2.22. The standard InChI is InChI=1S/C19H20ClNO6/c1-11(18(22)21-16-9-13(20)5-6-17(16)26-4)27-19(23)12-7-14(24-2)10-15(8-12)25-3/h5-11H,1-4H3,(H,21,22)/t11-/m1/s1. The van der Waals surface area contributed by atoms with Crippen molar-refractivity contribution in [2.24, 2.45) is 0 Å². The second-order valence-corrected chi connectivity index (χ2v) is 5.92. The molecule has 1 N–H and O–H groups in total. The van der Waals surface area contributed by atoms with Crippen molar-refractivity contribution in [2.45, 2.75) is 13.0 Å². The first-order chi connectivity index (χ1) is 12.9. The molecule has 8 heteroatoms. The number of ether oxygens (including phenoxy) is 4. The van der Waals surface area contributed by atoms with E-state index in [0.29, 0.717) is 28.0 Å². The highest BCUT2D eigenvalue weighted by atomic mass is 35.5. The van der Waals surface area contributed by atoms with Gasteiger partial charge in [-0.05, 0) is 37.3 Å². The van der Waals surface area contributed by atoms with Gasteiger partial charge in [-0.3, -0.25) is 4.79 Å². The summed E-state index contributed by atoms with van der Waals surface area (Å²) in [6.45, 7) is 1.46. The van der Waals surface area contributed by atoms with E-state index in [1.54, 1.807) is 24.3 Å². The third-order valence-corrected chi connectivity index (χ3v) is 3.89. The summed E-state index contributed by atoms with van der Waals surface area (Å²) in [7, 11) is 4.41. The van der Waals surface area contributed by atoms with Crippen molar-refractivity contribution in [3.8, 4) is 17.2 Å². The Bertz CT molecular complexity index is 817. The number of amides is 1. The van der Waals surface area contributed by atoms with E-state index in [2.05, 4.69) is 5.32 Å². The summed E-state index contributed by atoms with van der Waals surface area (Å²) in [5.41, 5.74) is 0.576. The van der Waals surface area contributed by atoms with Crippen LogP contribution in [0.5, 0.6) is 17.2 Å². The lowest BCUT2D eigenvalue weighted by molar-refractivity contribution is -0.123. The molecule has 2 aromatic rings. The van der Waals surface area contributed by atoms with Gasteiger partial charge in [0.1, 0.15) is 17.2 Å². The molecule has 0 saturated carbocycles. The van der Waals surface area contributed by atoms with Crippen molar-refractivity contribution >= 4 is 29.2 Å². The molecule has 1 atom stereocenters. The fraction of sp³-hybridized carbons (Fsp3) is 0.263. The molecule has 27 heavy (non-hydrogen) atoms. The normalized spacial score (nSPS) is 11.3. The zero-order valence-electron chi connectivity index (χ0n) is 15.4. The molecule has 0 heterocycles. The lowest BCUT2D eigenvalue weighted by Crippen LogP contribution is -2.30. The zero-order valence-corrected chi connectivity index (χ0v) is 16.1. The average Bonchev–Trinajstić information content (AvgIpc) is 2.67. The van der Waals surface area contributed by atoms with E-state index in [0.717, 1.165) is 0 Å². The summed E-state index contributed by atoms with van der Waals surface area (Å²) in [6.07, 6.45) is -1.06. The molecule has 0 spiro atoms. The Labute approximate surface area is 162 Å². The highest BCUT2D eigenvalue weighted by Gasteiger charge is 2.21. The number of anilines is 1. The lowest BCUT2D eigenvalue weighted by atomic mass is 10.2. The van der Waals surface area contributed by atoms with Crippen LogP contribution in [0.2, 0.25) is 5.02 Å². The van der Waals surface area contributed by atoms with Gasteiger partial charge >= 0.3 is 5.97 Å². The maximum Gasteiger partial charge on any atom is 0.339 e. The van der Waals surface area contributed by atoms with Crippen LogP contribution in [0.15, 0.2) is 36.4 Å². The third kappa shape index (κ3) is 5.27. The first-order valence-corrected chi connectivity index (χ1v) is 8.34. The van der Waals surface area contributed by atoms with Crippen LogP contribution in [0.4, 0.5) is 5.69 Å². The molecule has 2 aromatic carbocycles. The first kappa shape index (κ1) is 20.4. The molecule has 0 radical (unpaired) electrons. The van der Waals surface area contributed by atoms with Crippen LogP contribution < -0.4 is 19.5 Å². The number of hydrogen-bond acceptors (Lipinski definition) is 6. The summed E-state index contributed by atoms with van der Waals surface area (Å²) in [6, 6.07) is 9.41. The molecule has 7 nitrogen and oxygen atoms in total. The second kappa shape index (κ2) is 9.14. The number of halogens is 1. The number of methoxy groups -OCH3 is 3. The SMILES string of the molecule is COc1cc(OC)cc(C(=O)O[C@H](C)C(=O)Nc2cc(Cl)ccc2OC)c1. The molecular formula is C19H20ClNO6. The maximum atomic E-state index is 12.4. The minimum Gasteiger partial charge on any atom is -0.497 e. The Balaban J connectivity index is 2.10. The van der Waals surface area contributed by atoms with E-state index < -0.39 is 18.0 Å². The Morgan fingerprint density at radius 1 is 0.963 bits per heavy atom. The van der Waals surface area contributed by atoms with Gasteiger partial charge in [-0.1, -0.05) is 11.6 Å². The summed E-state index contributed by atoms with van der Waals surface area (Å²) >= 11 is 5.94. The van der Waals surface area contributed by atoms with E-state index >= 15 is 0 Å². The molecule has 0 aromatic heterocycles. The van der Waals surface area contributed by atoms with Crippen LogP contribution in [-0.4, -0.2) is 39.3 Å². The van der Waals surface area contributed by atoms with Crippen molar-refractivity contribution < 1.29 is 28.5 Å². The average molecular weight is 394 g/mol. The number of carbonyl (C=O) groups excluding carboxylic acids is 2. The second-order valence-electron chi connectivity index (χ2n) is 5.48. The highest BCUT2D eigenvalue weighted by molar-refractivity contribution is 6.31. The van der Waals surface area contributed by atoms with E-state index in [9.17, 15) is 9.59 Å². The largest absolute Gasteiger partial charge is 0.497 e. The molecule has 0 aliphatic heterocycles. The molecule has 2 rings (SSSR count). The maximum absolute atomic E-state index is 12.4. The third-order valence-electron chi connectivity index (χ3n) is 3.66. The highest BCUT2D eigenvalue weighted by Crippen LogP contribution is 2.28. The van der Waals surface area contributed by atoms with Crippen molar-refractivity contribution in [1.82, 2.24) is 0 Å². The number of benzene rings is 2. The number of nitrogens with one attached hydrogen (secondary N) is 1. The molecule has 0 aliphatic carbocycles. The Hall–Kier alpha value is -2.93. The molecule has 144 valence electrons. The summed E-state index contributed by atoms with van der Waals surface area (Å²) < 4.78 is 20.7. The topological polar surface area (TPSA) is 83.1 Å². The number of esters is 1. The monoisotopic (exact) mass is 393 g/mol. The van der Waals surface area contributed by atoms with Gasteiger partial charge in [0.2, 0.25) is 0 Å². The molecule has 0 aliphatic rings. The van der Waals surface area contributed by atoms with Gasteiger partial charge in [-0.2, -0.15) is 0 Å². The van der Waals surface area contributed by atoms with Crippen LogP contribution in [0, 0.1) is 0 Å². The molecule has 1 amide bonds.